The van der Waals surface area contributed by atoms with Crippen LogP contribution in [0.4, 0.5) is 0 Å². The van der Waals surface area contributed by atoms with Crippen molar-refractivity contribution in [2.75, 3.05) is 6.61 Å². The molecule has 1 aromatic heterocycles. The molecule has 76 valence electrons. The van der Waals surface area contributed by atoms with Crippen molar-refractivity contribution in [2.45, 2.75) is 13.8 Å². The van der Waals surface area contributed by atoms with Gasteiger partial charge < -0.3 is 9.94 Å². The van der Waals surface area contributed by atoms with Crippen LogP contribution in [0.5, 0.6) is 0 Å². The predicted molar refractivity (Wildman–Crippen MR) is 53.8 cm³/mol. The lowest BCUT2D eigenvalue weighted by Gasteiger charge is -2.05. The summed E-state index contributed by atoms with van der Waals surface area (Å²) in [5, 5.41) is 11.2. The molecule has 0 fully saturated rings. The Kier molecular flexibility index (Phi) is 3.46. The number of carbonyl (C=O) groups is 1. The number of ether oxygens (including phenoxy) is 1. The second-order valence-electron chi connectivity index (χ2n) is 2.77. The van der Waals surface area contributed by atoms with Gasteiger partial charge in [-0.3, -0.25) is 0 Å². The van der Waals surface area contributed by atoms with Gasteiger partial charge in [-0.1, -0.05) is 0 Å². The first-order valence-corrected chi connectivity index (χ1v) is 4.92. The summed E-state index contributed by atoms with van der Waals surface area (Å²) in [7, 11) is 0. The Morgan fingerprint density at radius 2 is 2.36 bits per heavy atom. The van der Waals surface area contributed by atoms with Crippen LogP contribution in [0, 0.1) is 12.1 Å². The van der Waals surface area contributed by atoms with Crippen LogP contribution in [0.15, 0.2) is 16.9 Å². The average molecular weight is 260 g/mol. The summed E-state index contributed by atoms with van der Waals surface area (Å²) in [6, 6.07) is 1.61. The molecule has 0 saturated carbocycles. The van der Waals surface area contributed by atoms with Crippen molar-refractivity contribution in [1.82, 2.24) is 0 Å². The van der Waals surface area contributed by atoms with Gasteiger partial charge in [0.05, 0.1) is 6.61 Å². The lowest BCUT2D eigenvalue weighted by Crippen LogP contribution is -2.30. The molecule has 0 N–H and O–H groups in total. The molecule has 5 heteroatoms. The van der Waals surface area contributed by atoms with Gasteiger partial charge in [0.15, 0.2) is 6.20 Å². The maximum absolute atomic E-state index is 11.4. The Morgan fingerprint density at radius 3 is 2.93 bits per heavy atom. The first-order valence-electron chi connectivity index (χ1n) is 4.12. The molecule has 4 nitrogen and oxygen atoms in total. The molecule has 0 amide bonds. The molecular weight excluding hydrogens is 250 g/mol. The molecule has 0 atom stereocenters. The minimum absolute atomic E-state index is 0.182. The monoisotopic (exact) mass is 259 g/mol. The Morgan fingerprint density at radius 1 is 1.71 bits per heavy atom. The lowest BCUT2D eigenvalue weighted by atomic mass is 10.2. The van der Waals surface area contributed by atoms with E-state index in [1.807, 2.05) is 0 Å². The second-order valence-corrected chi connectivity index (χ2v) is 3.52. The normalized spacial score (nSPS) is 9.93. The van der Waals surface area contributed by atoms with E-state index in [1.165, 1.54) is 6.20 Å². The molecule has 14 heavy (non-hydrogen) atoms. The van der Waals surface area contributed by atoms with Crippen molar-refractivity contribution in [3.05, 3.63) is 33.2 Å². The SMILES string of the molecule is CCOC(=O)c1cc(C)c[n+]([O-])c1Br. The summed E-state index contributed by atoms with van der Waals surface area (Å²) in [6.45, 7) is 3.74. The number of aryl methyl sites for hydroxylation is 1. The van der Waals surface area contributed by atoms with Crippen LogP contribution in [-0.4, -0.2) is 12.6 Å². The molecule has 0 bridgehead atoms. The van der Waals surface area contributed by atoms with Gasteiger partial charge in [0.25, 0.3) is 4.60 Å². The Balaban J connectivity index is 3.13. The highest BCUT2D eigenvalue weighted by atomic mass is 79.9. The highest BCUT2D eigenvalue weighted by molar-refractivity contribution is 9.10. The third kappa shape index (κ3) is 2.23. The number of esters is 1. The van der Waals surface area contributed by atoms with E-state index in [0.29, 0.717) is 10.3 Å². The van der Waals surface area contributed by atoms with E-state index in [9.17, 15) is 10.0 Å². The average Bonchev–Trinajstić information content (AvgIpc) is 2.11. The Bertz CT molecular complexity index is 365. The quantitative estimate of drug-likeness (QED) is 0.351. The van der Waals surface area contributed by atoms with Crippen LogP contribution in [0.1, 0.15) is 22.8 Å². The molecule has 0 saturated heterocycles. The standard InChI is InChI=1S/C9H10BrNO3/c1-3-14-9(12)7-4-6(2)5-11(13)8(7)10/h4-5H,3H2,1-2H3. The van der Waals surface area contributed by atoms with Crippen LogP contribution in [-0.2, 0) is 4.74 Å². The summed E-state index contributed by atoms with van der Waals surface area (Å²) in [4.78, 5) is 11.4. The van der Waals surface area contributed by atoms with Crippen molar-refractivity contribution >= 4 is 21.9 Å². The van der Waals surface area contributed by atoms with Crippen LogP contribution in [0.25, 0.3) is 0 Å². The molecule has 0 spiro atoms. The highest BCUT2D eigenvalue weighted by Crippen LogP contribution is 2.14. The van der Waals surface area contributed by atoms with Crippen molar-refractivity contribution in [3.63, 3.8) is 0 Å². The zero-order chi connectivity index (χ0) is 10.7. The summed E-state index contributed by atoms with van der Waals surface area (Å²) >= 11 is 3.03. The third-order valence-electron chi connectivity index (χ3n) is 1.60. The fraction of sp³-hybridized carbons (Fsp3) is 0.333. The minimum atomic E-state index is -0.493. The van der Waals surface area contributed by atoms with Gasteiger partial charge in [-0.05, 0) is 19.9 Å². The number of carbonyl (C=O) groups excluding carboxylic acids is 1. The number of aromatic nitrogens is 1. The zero-order valence-corrected chi connectivity index (χ0v) is 9.50. The highest BCUT2D eigenvalue weighted by Gasteiger charge is 2.18. The maximum atomic E-state index is 11.4. The molecule has 0 aromatic carbocycles. The van der Waals surface area contributed by atoms with Gasteiger partial charge in [0.2, 0.25) is 0 Å². The van der Waals surface area contributed by atoms with Crippen LogP contribution in [0.3, 0.4) is 0 Å². The molecule has 1 aromatic rings. The fourth-order valence-electron chi connectivity index (χ4n) is 1.04. The van der Waals surface area contributed by atoms with E-state index in [2.05, 4.69) is 15.9 Å². The summed E-state index contributed by atoms with van der Waals surface area (Å²) in [6.07, 6.45) is 1.38. The number of rotatable bonds is 2. The van der Waals surface area contributed by atoms with Gasteiger partial charge in [-0.15, -0.1) is 0 Å². The largest absolute Gasteiger partial charge is 0.618 e. The molecule has 0 unspecified atom stereocenters. The molecule has 0 aliphatic heterocycles. The predicted octanol–water partition coefficient (Wildman–Crippen LogP) is 1.57. The van der Waals surface area contributed by atoms with Crippen molar-refractivity contribution in [3.8, 4) is 0 Å². The van der Waals surface area contributed by atoms with Gasteiger partial charge >= 0.3 is 5.97 Å². The molecular formula is C9H10BrNO3. The van der Waals surface area contributed by atoms with Gasteiger partial charge in [-0.2, -0.15) is 4.73 Å². The topological polar surface area (TPSA) is 53.2 Å². The second kappa shape index (κ2) is 4.41. The van der Waals surface area contributed by atoms with Crippen LogP contribution >= 0.6 is 15.9 Å². The summed E-state index contributed by atoms with van der Waals surface area (Å²) < 4.78 is 5.58. The van der Waals surface area contributed by atoms with Crippen LogP contribution < -0.4 is 4.73 Å². The number of pyridine rings is 1. The number of halogens is 1. The number of hydrogen-bond donors (Lipinski definition) is 0. The van der Waals surface area contributed by atoms with Crippen molar-refractivity contribution in [1.29, 1.82) is 0 Å². The van der Waals surface area contributed by atoms with Gasteiger partial charge in [0.1, 0.15) is 5.56 Å². The smallest absolute Gasteiger partial charge is 0.345 e. The Hall–Kier alpha value is -1.10. The summed E-state index contributed by atoms with van der Waals surface area (Å²) in [5.41, 5.74) is 0.966. The summed E-state index contributed by atoms with van der Waals surface area (Å²) in [5.74, 6) is -0.493. The van der Waals surface area contributed by atoms with Crippen LogP contribution in [0.2, 0.25) is 0 Å². The van der Waals surface area contributed by atoms with Gasteiger partial charge in [0, 0.05) is 21.5 Å². The molecule has 1 rings (SSSR count). The first-order chi connectivity index (χ1) is 6.56. The van der Waals surface area contributed by atoms with E-state index in [-0.39, 0.29) is 16.8 Å². The molecule has 1 heterocycles. The van der Waals surface area contributed by atoms with E-state index in [4.69, 9.17) is 4.74 Å². The van der Waals surface area contributed by atoms with E-state index in [1.54, 1.807) is 19.9 Å². The molecule has 0 radical (unpaired) electrons. The first kappa shape index (κ1) is 11.0. The van der Waals surface area contributed by atoms with Gasteiger partial charge in [-0.25, -0.2) is 4.79 Å². The van der Waals surface area contributed by atoms with E-state index >= 15 is 0 Å². The van der Waals surface area contributed by atoms with E-state index < -0.39 is 5.97 Å². The van der Waals surface area contributed by atoms with Crippen molar-refractivity contribution in [2.24, 2.45) is 0 Å². The fourth-order valence-corrected chi connectivity index (χ4v) is 1.42. The molecule has 0 aliphatic carbocycles. The number of nitrogens with zero attached hydrogens (tertiary/aromatic N) is 1. The number of hydrogen-bond acceptors (Lipinski definition) is 3. The van der Waals surface area contributed by atoms with E-state index in [0.717, 1.165) is 0 Å². The lowest BCUT2D eigenvalue weighted by molar-refractivity contribution is -0.617. The Labute approximate surface area is 90.2 Å². The maximum Gasteiger partial charge on any atom is 0.345 e. The minimum Gasteiger partial charge on any atom is -0.618 e. The van der Waals surface area contributed by atoms with Crippen molar-refractivity contribution < 1.29 is 14.3 Å². The third-order valence-corrected chi connectivity index (χ3v) is 2.38. The molecule has 0 aliphatic rings. The zero-order valence-electron chi connectivity index (χ0n) is 7.91.